The summed E-state index contributed by atoms with van der Waals surface area (Å²) < 4.78 is 0. The van der Waals surface area contributed by atoms with E-state index in [2.05, 4.69) is 0 Å². The van der Waals surface area contributed by atoms with Gasteiger partial charge in [-0.25, -0.2) is 0 Å². The standard InChI is InChI=1S/C11H8ClNO3/c12-11(16)7-2-1-3-8(6-7)13-9(14)4-5-10(13)15/h1-3,6H,4-5H2. The van der Waals surface area contributed by atoms with Crippen molar-refractivity contribution in [2.24, 2.45) is 0 Å². The molecule has 0 saturated carbocycles. The van der Waals surface area contributed by atoms with Gasteiger partial charge in [-0.1, -0.05) is 6.07 Å². The number of anilines is 1. The lowest BCUT2D eigenvalue weighted by Gasteiger charge is -2.13. The molecule has 0 bridgehead atoms. The molecule has 0 N–H and O–H groups in total. The van der Waals surface area contributed by atoms with E-state index in [9.17, 15) is 14.4 Å². The van der Waals surface area contributed by atoms with Gasteiger partial charge in [0.2, 0.25) is 11.8 Å². The predicted octanol–water partition coefficient (Wildman–Crippen LogP) is 1.72. The highest BCUT2D eigenvalue weighted by atomic mass is 35.5. The van der Waals surface area contributed by atoms with E-state index in [-0.39, 0.29) is 30.2 Å². The van der Waals surface area contributed by atoms with Gasteiger partial charge in [-0.3, -0.25) is 19.3 Å². The Kier molecular flexibility index (Phi) is 2.75. The van der Waals surface area contributed by atoms with Crippen molar-refractivity contribution in [3.63, 3.8) is 0 Å². The van der Waals surface area contributed by atoms with Crippen molar-refractivity contribution in [3.05, 3.63) is 29.8 Å². The number of amides is 2. The quantitative estimate of drug-likeness (QED) is 0.581. The van der Waals surface area contributed by atoms with Crippen LogP contribution in [-0.4, -0.2) is 17.1 Å². The Hall–Kier alpha value is -1.68. The van der Waals surface area contributed by atoms with Crippen LogP contribution < -0.4 is 4.90 Å². The first-order chi connectivity index (χ1) is 7.59. The van der Waals surface area contributed by atoms with Crippen LogP contribution in [0, 0.1) is 0 Å². The molecule has 0 spiro atoms. The van der Waals surface area contributed by atoms with Gasteiger partial charge in [-0.2, -0.15) is 0 Å². The number of carbonyl (C=O) groups excluding carboxylic acids is 3. The number of carbonyl (C=O) groups is 3. The Labute approximate surface area is 96.8 Å². The molecule has 16 heavy (non-hydrogen) atoms. The molecule has 1 aliphatic heterocycles. The van der Waals surface area contributed by atoms with E-state index in [1.54, 1.807) is 12.1 Å². The van der Waals surface area contributed by atoms with Crippen molar-refractivity contribution >= 4 is 34.3 Å². The zero-order valence-corrected chi connectivity index (χ0v) is 9.03. The summed E-state index contributed by atoms with van der Waals surface area (Å²) in [4.78, 5) is 34.9. The monoisotopic (exact) mass is 237 g/mol. The number of nitrogens with zero attached hydrogens (tertiary/aromatic N) is 1. The Morgan fingerprint density at radius 1 is 1.19 bits per heavy atom. The summed E-state index contributed by atoms with van der Waals surface area (Å²) in [5.41, 5.74) is 0.672. The van der Waals surface area contributed by atoms with Gasteiger partial charge in [0.25, 0.3) is 5.24 Å². The number of imide groups is 1. The molecule has 2 amide bonds. The van der Waals surface area contributed by atoms with Gasteiger partial charge in [0.15, 0.2) is 0 Å². The highest BCUT2D eigenvalue weighted by Crippen LogP contribution is 2.23. The lowest BCUT2D eigenvalue weighted by Crippen LogP contribution is -2.28. The van der Waals surface area contributed by atoms with Crippen molar-refractivity contribution in [2.45, 2.75) is 12.8 Å². The van der Waals surface area contributed by atoms with Crippen LogP contribution in [0.4, 0.5) is 5.69 Å². The summed E-state index contributed by atoms with van der Waals surface area (Å²) in [6.45, 7) is 0. The fourth-order valence-corrected chi connectivity index (χ4v) is 1.75. The molecule has 0 aromatic heterocycles. The SMILES string of the molecule is O=C(Cl)c1cccc(N2C(=O)CCC2=O)c1. The average molecular weight is 238 g/mol. The van der Waals surface area contributed by atoms with Crippen LogP contribution >= 0.6 is 11.6 Å². The lowest BCUT2D eigenvalue weighted by atomic mass is 10.2. The van der Waals surface area contributed by atoms with E-state index in [1.165, 1.54) is 12.1 Å². The maximum atomic E-state index is 11.5. The van der Waals surface area contributed by atoms with Crippen LogP contribution in [0.1, 0.15) is 23.2 Å². The second kappa shape index (κ2) is 4.06. The van der Waals surface area contributed by atoms with E-state index in [1.807, 2.05) is 0 Å². The first-order valence-corrected chi connectivity index (χ1v) is 5.13. The highest BCUT2D eigenvalue weighted by Gasteiger charge is 2.30. The van der Waals surface area contributed by atoms with Crippen molar-refractivity contribution in [3.8, 4) is 0 Å². The smallest absolute Gasteiger partial charge is 0.252 e. The number of benzene rings is 1. The number of hydrogen-bond acceptors (Lipinski definition) is 3. The number of halogens is 1. The summed E-state index contributed by atoms with van der Waals surface area (Å²) in [6.07, 6.45) is 0.440. The second-order valence-corrected chi connectivity index (χ2v) is 3.79. The molecule has 1 saturated heterocycles. The minimum absolute atomic E-state index is 0.220. The van der Waals surface area contributed by atoms with Crippen LogP contribution in [0.3, 0.4) is 0 Å². The van der Waals surface area contributed by atoms with Crippen LogP contribution in [0.25, 0.3) is 0 Å². The average Bonchev–Trinajstić information content (AvgIpc) is 2.59. The molecule has 5 heteroatoms. The fourth-order valence-electron chi connectivity index (χ4n) is 1.63. The van der Waals surface area contributed by atoms with E-state index >= 15 is 0 Å². The van der Waals surface area contributed by atoms with E-state index in [4.69, 9.17) is 11.6 Å². The number of rotatable bonds is 2. The van der Waals surface area contributed by atoms with Crippen LogP contribution in [0.2, 0.25) is 0 Å². The van der Waals surface area contributed by atoms with Gasteiger partial charge >= 0.3 is 0 Å². The molecule has 1 aromatic rings. The van der Waals surface area contributed by atoms with Crippen molar-refractivity contribution < 1.29 is 14.4 Å². The molecule has 1 aromatic carbocycles. The first-order valence-electron chi connectivity index (χ1n) is 4.75. The minimum Gasteiger partial charge on any atom is -0.276 e. The Morgan fingerprint density at radius 3 is 2.38 bits per heavy atom. The molecule has 0 aliphatic carbocycles. The maximum Gasteiger partial charge on any atom is 0.252 e. The van der Waals surface area contributed by atoms with E-state index in [0.717, 1.165) is 4.90 Å². The van der Waals surface area contributed by atoms with Gasteiger partial charge < -0.3 is 0 Å². The zero-order chi connectivity index (χ0) is 11.7. The Morgan fingerprint density at radius 2 is 1.81 bits per heavy atom. The fraction of sp³-hybridized carbons (Fsp3) is 0.182. The lowest BCUT2D eigenvalue weighted by molar-refractivity contribution is -0.121. The summed E-state index contributed by atoms with van der Waals surface area (Å²) in [5, 5.41) is -0.610. The Balaban J connectivity index is 2.40. The molecule has 0 radical (unpaired) electrons. The molecule has 82 valence electrons. The molecule has 0 unspecified atom stereocenters. The third-order valence-corrected chi connectivity index (χ3v) is 2.60. The highest BCUT2D eigenvalue weighted by molar-refractivity contribution is 6.67. The molecule has 0 atom stereocenters. The van der Waals surface area contributed by atoms with Crippen molar-refractivity contribution in [1.82, 2.24) is 0 Å². The predicted molar refractivity (Wildman–Crippen MR) is 58.4 cm³/mol. The first kappa shape index (κ1) is 10.8. The van der Waals surface area contributed by atoms with Gasteiger partial charge in [-0.15, -0.1) is 0 Å². The van der Waals surface area contributed by atoms with Crippen LogP contribution in [0.15, 0.2) is 24.3 Å². The molecular weight excluding hydrogens is 230 g/mol. The minimum atomic E-state index is -0.610. The summed E-state index contributed by atoms with van der Waals surface area (Å²) in [6, 6.07) is 6.16. The molecule has 2 rings (SSSR count). The maximum absolute atomic E-state index is 11.5. The van der Waals surface area contributed by atoms with E-state index < -0.39 is 5.24 Å². The van der Waals surface area contributed by atoms with Gasteiger partial charge in [-0.05, 0) is 29.8 Å². The van der Waals surface area contributed by atoms with E-state index in [0.29, 0.717) is 5.69 Å². The van der Waals surface area contributed by atoms with Crippen molar-refractivity contribution in [1.29, 1.82) is 0 Å². The van der Waals surface area contributed by atoms with Gasteiger partial charge in [0.05, 0.1) is 5.69 Å². The third kappa shape index (κ3) is 1.84. The third-order valence-electron chi connectivity index (χ3n) is 2.38. The molecule has 1 heterocycles. The van der Waals surface area contributed by atoms with Crippen LogP contribution in [-0.2, 0) is 9.59 Å². The topological polar surface area (TPSA) is 54.5 Å². The van der Waals surface area contributed by atoms with Crippen LogP contribution in [0.5, 0.6) is 0 Å². The molecule has 4 nitrogen and oxygen atoms in total. The normalized spacial score (nSPS) is 15.7. The molecular formula is C11H8ClNO3. The largest absolute Gasteiger partial charge is 0.276 e. The molecule has 1 aliphatic rings. The number of hydrogen-bond donors (Lipinski definition) is 0. The second-order valence-electron chi connectivity index (χ2n) is 3.45. The van der Waals surface area contributed by atoms with Gasteiger partial charge in [0.1, 0.15) is 0 Å². The summed E-state index contributed by atoms with van der Waals surface area (Å²) >= 11 is 5.33. The molecule has 1 fully saturated rings. The summed E-state index contributed by atoms with van der Waals surface area (Å²) in [5.74, 6) is -0.492. The summed E-state index contributed by atoms with van der Waals surface area (Å²) in [7, 11) is 0. The Bertz CT molecular complexity index is 468. The zero-order valence-electron chi connectivity index (χ0n) is 8.27. The van der Waals surface area contributed by atoms with Crippen molar-refractivity contribution in [2.75, 3.05) is 4.90 Å². The van der Waals surface area contributed by atoms with Gasteiger partial charge in [0, 0.05) is 18.4 Å².